The summed E-state index contributed by atoms with van der Waals surface area (Å²) in [6.45, 7) is 6.33. The van der Waals surface area contributed by atoms with Crippen molar-refractivity contribution < 1.29 is 4.79 Å². The van der Waals surface area contributed by atoms with E-state index in [1.54, 1.807) is 12.1 Å². The van der Waals surface area contributed by atoms with E-state index in [1.165, 1.54) is 27.6 Å². The molecule has 0 fully saturated rings. The van der Waals surface area contributed by atoms with E-state index in [2.05, 4.69) is 36.2 Å². The van der Waals surface area contributed by atoms with Crippen LogP contribution in [-0.2, 0) is 5.41 Å². The van der Waals surface area contributed by atoms with Gasteiger partial charge in [-0.25, -0.2) is 4.98 Å². The van der Waals surface area contributed by atoms with Gasteiger partial charge in [0.1, 0.15) is 11.2 Å². The summed E-state index contributed by atoms with van der Waals surface area (Å²) in [7, 11) is 0. The van der Waals surface area contributed by atoms with E-state index in [0.717, 1.165) is 5.56 Å². The largest absolute Gasteiger partial charge is 0.316 e. The summed E-state index contributed by atoms with van der Waals surface area (Å²) in [6, 6.07) is 7.35. The number of benzene rings is 1. The van der Waals surface area contributed by atoms with E-state index < -0.39 is 5.56 Å². The smallest absolute Gasteiger partial charge is 0.298 e. The Hall–Kier alpha value is -2.54. The van der Waals surface area contributed by atoms with Crippen LogP contribution in [0.4, 0.5) is 5.69 Å². The standard InChI is InChI=1S/C16H16N4O2S/c1-16(2,3)11-6-4-10(5-7-11)13(21)19-12-8-17-15-20(14(12)22)18-9-23-15/h4-9H,1-3H3,(H,19,21). The molecule has 3 aromatic rings. The van der Waals surface area contributed by atoms with Gasteiger partial charge >= 0.3 is 0 Å². The van der Waals surface area contributed by atoms with Gasteiger partial charge in [0.2, 0.25) is 4.96 Å². The van der Waals surface area contributed by atoms with Crippen LogP contribution < -0.4 is 10.9 Å². The van der Waals surface area contributed by atoms with Crippen molar-refractivity contribution >= 4 is 27.9 Å². The predicted octanol–water partition coefficient (Wildman–Crippen LogP) is 2.70. The zero-order chi connectivity index (χ0) is 16.6. The number of anilines is 1. The normalized spacial score (nSPS) is 11.6. The first-order valence-electron chi connectivity index (χ1n) is 7.10. The number of hydrogen-bond donors (Lipinski definition) is 1. The highest BCUT2D eigenvalue weighted by Crippen LogP contribution is 2.22. The highest BCUT2D eigenvalue weighted by atomic mass is 32.1. The lowest BCUT2D eigenvalue weighted by Gasteiger charge is -2.19. The number of carbonyl (C=O) groups excluding carboxylic acids is 1. The van der Waals surface area contributed by atoms with E-state index in [4.69, 9.17) is 0 Å². The van der Waals surface area contributed by atoms with Crippen LogP contribution in [0.15, 0.2) is 40.8 Å². The molecule has 3 rings (SSSR count). The minimum absolute atomic E-state index is 0.0212. The lowest BCUT2D eigenvalue weighted by molar-refractivity contribution is 0.102. The molecule has 2 aromatic heterocycles. The lowest BCUT2D eigenvalue weighted by atomic mass is 9.87. The van der Waals surface area contributed by atoms with Crippen molar-refractivity contribution in [2.24, 2.45) is 0 Å². The summed E-state index contributed by atoms with van der Waals surface area (Å²) in [5.74, 6) is -0.348. The van der Waals surface area contributed by atoms with Crippen LogP contribution in [0.3, 0.4) is 0 Å². The second-order valence-corrected chi connectivity index (χ2v) is 7.00. The van der Waals surface area contributed by atoms with Gasteiger partial charge in [-0.3, -0.25) is 9.59 Å². The Bertz CT molecular complexity index is 920. The Morgan fingerprint density at radius 3 is 2.57 bits per heavy atom. The number of carbonyl (C=O) groups is 1. The average molecular weight is 328 g/mol. The second-order valence-electron chi connectivity index (χ2n) is 6.19. The molecule has 0 unspecified atom stereocenters. The van der Waals surface area contributed by atoms with Crippen molar-refractivity contribution in [3.63, 3.8) is 0 Å². The van der Waals surface area contributed by atoms with Crippen molar-refractivity contribution in [2.75, 3.05) is 5.32 Å². The van der Waals surface area contributed by atoms with Crippen LogP contribution in [0.2, 0.25) is 0 Å². The molecule has 0 saturated carbocycles. The fourth-order valence-corrected chi connectivity index (χ4v) is 2.71. The number of fused-ring (bicyclic) bond motifs is 1. The number of nitrogens with one attached hydrogen (secondary N) is 1. The van der Waals surface area contributed by atoms with Crippen molar-refractivity contribution in [1.82, 2.24) is 14.6 Å². The van der Waals surface area contributed by atoms with E-state index in [-0.39, 0.29) is 17.0 Å². The quantitative estimate of drug-likeness (QED) is 0.785. The summed E-state index contributed by atoms with van der Waals surface area (Å²) in [5, 5.41) is 6.50. The van der Waals surface area contributed by atoms with Gasteiger partial charge in [0.25, 0.3) is 11.5 Å². The fourth-order valence-electron chi connectivity index (χ4n) is 2.13. The van der Waals surface area contributed by atoms with Crippen LogP contribution in [0.25, 0.3) is 4.96 Å². The first-order valence-corrected chi connectivity index (χ1v) is 7.97. The summed E-state index contributed by atoms with van der Waals surface area (Å²) in [5.41, 5.74) is 2.89. The van der Waals surface area contributed by atoms with E-state index in [1.807, 2.05) is 12.1 Å². The van der Waals surface area contributed by atoms with Gasteiger partial charge in [-0.2, -0.15) is 9.61 Å². The van der Waals surface area contributed by atoms with Crippen molar-refractivity contribution in [1.29, 1.82) is 0 Å². The Morgan fingerprint density at radius 1 is 1.22 bits per heavy atom. The minimum atomic E-state index is -0.393. The molecule has 118 valence electrons. The molecule has 0 aliphatic heterocycles. The third-order valence-electron chi connectivity index (χ3n) is 3.49. The molecule has 1 aromatic carbocycles. The molecule has 2 heterocycles. The highest BCUT2D eigenvalue weighted by molar-refractivity contribution is 7.14. The van der Waals surface area contributed by atoms with Gasteiger partial charge < -0.3 is 5.32 Å². The van der Waals surface area contributed by atoms with E-state index in [0.29, 0.717) is 10.5 Å². The Morgan fingerprint density at radius 2 is 1.91 bits per heavy atom. The van der Waals surface area contributed by atoms with Crippen LogP contribution in [-0.4, -0.2) is 20.5 Å². The third kappa shape index (κ3) is 3.00. The average Bonchev–Trinajstić information content (AvgIpc) is 2.98. The number of aromatic nitrogens is 3. The number of hydrogen-bond acceptors (Lipinski definition) is 5. The van der Waals surface area contributed by atoms with Crippen molar-refractivity contribution in [3.05, 3.63) is 57.5 Å². The first kappa shape index (κ1) is 15.4. The van der Waals surface area contributed by atoms with Crippen molar-refractivity contribution in [3.8, 4) is 0 Å². The molecule has 0 aliphatic carbocycles. The second kappa shape index (κ2) is 5.58. The molecular formula is C16H16N4O2S. The van der Waals surface area contributed by atoms with E-state index >= 15 is 0 Å². The van der Waals surface area contributed by atoms with Crippen LogP contribution >= 0.6 is 11.3 Å². The molecule has 0 atom stereocenters. The van der Waals surface area contributed by atoms with Gasteiger partial charge in [-0.15, -0.1) is 0 Å². The third-order valence-corrected chi connectivity index (χ3v) is 4.18. The van der Waals surface area contributed by atoms with Crippen LogP contribution in [0, 0.1) is 0 Å². The van der Waals surface area contributed by atoms with Gasteiger partial charge in [-0.05, 0) is 23.1 Å². The van der Waals surface area contributed by atoms with Crippen LogP contribution in [0.5, 0.6) is 0 Å². The van der Waals surface area contributed by atoms with Crippen LogP contribution in [0.1, 0.15) is 36.7 Å². The Kier molecular flexibility index (Phi) is 3.73. The summed E-state index contributed by atoms with van der Waals surface area (Å²) >= 11 is 1.26. The first-order chi connectivity index (χ1) is 10.9. The minimum Gasteiger partial charge on any atom is -0.316 e. The molecule has 1 amide bonds. The molecule has 0 aliphatic rings. The fraction of sp³-hybridized carbons (Fsp3) is 0.250. The molecule has 0 radical (unpaired) electrons. The molecule has 0 spiro atoms. The molecule has 7 heteroatoms. The molecule has 0 saturated heterocycles. The Labute approximate surface area is 136 Å². The molecule has 0 bridgehead atoms. The zero-order valence-corrected chi connectivity index (χ0v) is 13.8. The van der Waals surface area contributed by atoms with E-state index in [9.17, 15) is 9.59 Å². The summed E-state index contributed by atoms with van der Waals surface area (Å²) in [6.07, 6.45) is 1.36. The summed E-state index contributed by atoms with van der Waals surface area (Å²) in [4.78, 5) is 29.1. The number of nitrogens with zero attached hydrogens (tertiary/aromatic N) is 3. The Balaban J connectivity index is 1.86. The van der Waals surface area contributed by atoms with Gasteiger partial charge in [0.05, 0.1) is 6.20 Å². The van der Waals surface area contributed by atoms with Gasteiger partial charge in [0, 0.05) is 5.56 Å². The number of rotatable bonds is 2. The maximum Gasteiger partial charge on any atom is 0.298 e. The lowest BCUT2D eigenvalue weighted by Crippen LogP contribution is -2.23. The number of amides is 1. The molecule has 23 heavy (non-hydrogen) atoms. The van der Waals surface area contributed by atoms with Crippen molar-refractivity contribution in [2.45, 2.75) is 26.2 Å². The maximum absolute atomic E-state index is 12.3. The topological polar surface area (TPSA) is 76.4 Å². The zero-order valence-electron chi connectivity index (χ0n) is 13.0. The maximum atomic E-state index is 12.3. The summed E-state index contributed by atoms with van der Waals surface area (Å²) < 4.78 is 1.17. The van der Waals surface area contributed by atoms with Gasteiger partial charge in [-0.1, -0.05) is 44.2 Å². The monoisotopic (exact) mass is 328 g/mol. The molecule has 6 nitrogen and oxygen atoms in total. The SMILES string of the molecule is CC(C)(C)c1ccc(C(=O)Nc2cnc3scnn3c2=O)cc1. The predicted molar refractivity (Wildman–Crippen MR) is 90.2 cm³/mol. The van der Waals surface area contributed by atoms with Gasteiger partial charge in [0.15, 0.2) is 0 Å². The molecule has 1 N–H and O–H groups in total. The highest BCUT2D eigenvalue weighted by Gasteiger charge is 2.15. The molecular weight excluding hydrogens is 312 g/mol.